The van der Waals surface area contributed by atoms with Gasteiger partial charge in [0.15, 0.2) is 0 Å². The maximum atomic E-state index is 13.2. The van der Waals surface area contributed by atoms with E-state index in [2.05, 4.69) is 22.0 Å². The maximum absolute atomic E-state index is 13.2. The molecule has 0 unspecified atom stereocenters. The molecule has 1 aliphatic carbocycles. The van der Waals surface area contributed by atoms with Gasteiger partial charge in [-0.1, -0.05) is 31.9 Å². The molecule has 1 aliphatic heterocycles. The Kier molecular flexibility index (Phi) is 6.07. The fourth-order valence-electron chi connectivity index (χ4n) is 4.21. The van der Waals surface area contributed by atoms with Crippen LogP contribution in [-0.4, -0.2) is 61.5 Å². The number of halogens is 1. The van der Waals surface area contributed by atoms with Crippen LogP contribution >= 0.6 is 0 Å². The average molecular weight is 347 g/mol. The van der Waals surface area contributed by atoms with Crippen LogP contribution in [0.15, 0.2) is 24.3 Å². The summed E-state index contributed by atoms with van der Waals surface area (Å²) in [5, 5.41) is 3.16. The van der Waals surface area contributed by atoms with Crippen LogP contribution in [0.3, 0.4) is 0 Å². The average Bonchev–Trinajstić information content (AvgIpc) is 3.11. The predicted octanol–water partition coefficient (Wildman–Crippen LogP) is 2.39. The minimum Gasteiger partial charge on any atom is -0.354 e. The molecule has 2 fully saturated rings. The molecule has 0 atom stereocenters. The lowest BCUT2D eigenvalue weighted by atomic mass is 9.79. The first kappa shape index (κ1) is 18.3. The molecule has 0 aromatic heterocycles. The Morgan fingerprint density at radius 3 is 2.28 bits per heavy atom. The molecule has 1 aromatic rings. The molecule has 1 aromatic carbocycles. The van der Waals surface area contributed by atoms with E-state index in [0.29, 0.717) is 13.1 Å². The van der Waals surface area contributed by atoms with Crippen molar-refractivity contribution in [3.8, 4) is 0 Å². The first-order chi connectivity index (χ1) is 12.1. The lowest BCUT2D eigenvalue weighted by molar-refractivity contribution is -0.122. The van der Waals surface area contributed by atoms with E-state index in [1.807, 2.05) is 12.1 Å². The van der Waals surface area contributed by atoms with Gasteiger partial charge in [-0.15, -0.1) is 0 Å². The van der Waals surface area contributed by atoms with E-state index in [1.165, 1.54) is 25.0 Å². The zero-order chi connectivity index (χ0) is 17.7. The number of piperazine rings is 1. The fraction of sp³-hybridized carbons (Fsp3) is 0.650. The number of amides is 1. The molecule has 0 bridgehead atoms. The van der Waals surface area contributed by atoms with Crippen molar-refractivity contribution in [2.45, 2.75) is 38.0 Å². The summed E-state index contributed by atoms with van der Waals surface area (Å²) < 4.78 is 13.2. The van der Waals surface area contributed by atoms with Crippen LogP contribution in [-0.2, 0) is 10.2 Å². The van der Waals surface area contributed by atoms with E-state index >= 15 is 0 Å². The molecular formula is C20H30FN3O. The SMILES string of the molecule is CCN1CCN(CC(=O)NCC2(c3ccc(F)cc3)CCCC2)CC1. The second kappa shape index (κ2) is 8.28. The molecule has 0 spiro atoms. The van der Waals surface area contributed by atoms with Crippen LogP contribution in [0.1, 0.15) is 38.2 Å². The molecular weight excluding hydrogens is 317 g/mol. The van der Waals surface area contributed by atoms with Crippen LogP contribution in [0, 0.1) is 5.82 Å². The lowest BCUT2D eigenvalue weighted by Crippen LogP contribution is -2.50. The third-order valence-corrected chi connectivity index (χ3v) is 5.92. The van der Waals surface area contributed by atoms with Crippen molar-refractivity contribution >= 4 is 5.91 Å². The minimum absolute atomic E-state index is 0.0235. The molecule has 4 nitrogen and oxygen atoms in total. The molecule has 5 heteroatoms. The number of nitrogens with zero attached hydrogens (tertiary/aromatic N) is 2. The van der Waals surface area contributed by atoms with Gasteiger partial charge in [-0.05, 0) is 37.1 Å². The van der Waals surface area contributed by atoms with Gasteiger partial charge >= 0.3 is 0 Å². The summed E-state index contributed by atoms with van der Waals surface area (Å²) in [4.78, 5) is 17.1. The summed E-state index contributed by atoms with van der Waals surface area (Å²) in [5.41, 5.74) is 1.13. The highest BCUT2D eigenvalue weighted by atomic mass is 19.1. The molecule has 0 radical (unpaired) electrons. The first-order valence-corrected chi connectivity index (χ1v) is 9.59. The molecule has 1 saturated carbocycles. The van der Waals surface area contributed by atoms with Crippen LogP contribution < -0.4 is 5.32 Å². The largest absolute Gasteiger partial charge is 0.354 e. The van der Waals surface area contributed by atoms with E-state index in [9.17, 15) is 9.18 Å². The Balaban J connectivity index is 1.53. The third kappa shape index (κ3) is 4.59. The molecule has 138 valence electrons. The number of carbonyl (C=O) groups is 1. The normalized spacial score (nSPS) is 21.4. The van der Waals surface area contributed by atoms with Crippen LogP contribution in [0.25, 0.3) is 0 Å². The Hall–Kier alpha value is -1.46. The smallest absolute Gasteiger partial charge is 0.234 e. The quantitative estimate of drug-likeness (QED) is 0.858. The zero-order valence-electron chi connectivity index (χ0n) is 15.3. The van der Waals surface area contributed by atoms with Gasteiger partial charge in [-0.2, -0.15) is 0 Å². The van der Waals surface area contributed by atoms with Gasteiger partial charge in [0.2, 0.25) is 5.91 Å². The summed E-state index contributed by atoms with van der Waals surface area (Å²) in [7, 11) is 0. The Morgan fingerprint density at radius 2 is 1.68 bits per heavy atom. The van der Waals surface area contributed by atoms with Crippen molar-refractivity contribution in [3.05, 3.63) is 35.6 Å². The lowest BCUT2D eigenvalue weighted by Gasteiger charge is -2.34. The van der Waals surface area contributed by atoms with E-state index < -0.39 is 0 Å². The summed E-state index contributed by atoms with van der Waals surface area (Å²) in [6, 6.07) is 6.84. The fourth-order valence-corrected chi connectivity index (χ4v) is 4.21. The maximum Gasteiger partial charge on any atom is 0.234 e. The minimum atomic E-state index is -0.202. The molecule has 2 aliphatic rings. The predicted molar refractivity (Wildman–Crippen MR) is 98.1 cm³/mol. The second-order valence-electron chi connectivity index (χ2n) is 7.48. The second-order valence-corrected chi connectivity index (χ2v) is 7.48. The van der Waals surface area contributed by atoms with Gasteiger partial charge in [0.05, 0.1) is 6.54 Å². The first-order valence-electron chi connectivity index (χ1n) is 9.59. The van der Waals surface area contributed by atoms with Crippen LogP contribution in [0.2, 0.25) is 0 Å². The highest BCUT2D eigenvalue weighted by Crippen LogP contribution is 2.40. The molecule has 1 amide bonds. The number of rotatable bonds is 6. The number of nitrogens with one attached hydrogen (secondary N) is 1. The van der Waals surface area contributed by atoms with Crippen molar-refractivity contribution in [2.75, 3.05) is 45.8 Å². The third-order valence-electron chi connectivity index (χ3n) is 5.92. The molecule has 1 saturated heterocycles. The number of carbonyl (C=O) groups excluding carboxylic acids is 1. The highest BCUT2D eigenvalue weighted by Gasteiger charge is 2.36. The summed E-state index contributed by atoms with van der Waals surface area (Å²) in [5.74, 6) is -0.0921. The van der Waals surface area contributed by atoms with E-state index in [-0.39, 0.29) is 17.1 Å². The Bertz CT molecular complexity index is 561. The summed E-state index contributed by atoms with van der Waals surface area (Å²) in [6.07, 6.45) is 4.47. The van der Waals surface area contributed by atoms with Crippen LogP contribution in [0.4, 0.5) is 4.39 Å². The van der Waals surface area contributed by atoms with Crippen molar-refractivity contribution < 1.29 is 9.18 Å². The van der Waals surface area contributed by atoms with E-state index in [0.717, 1.165) is 51.1 Å². The van der Waals surface area contributed by atoms with Crippen LogP contribution in [0.5, 0.6) is 0 Å². The van der Waals surface area contributed by atoms with Gasteiger partial charge in [0, 0.05) is 38.1 Å². The number of benzene rings is 1. The van der Waals surface area contributed by atoms with E-state index in [4.69, 9.17) is 0 Å². The van der Waals surface area contributed by atoms with Gasteiger partial charge in [-0.25, -0.2) is 4.39 Å². The molecule has 25 heavy (non-hydrogen) atoms. The van der Waals surface area contributed by atoms with Gasteiger partial charge in [0.1, 0.15) is 5.82 Å². The number of hydrogen-bond donors (Lipinski definition) is 1. The van der Waals surface area contributed by atoms with Crippen molar-refractivity contribution in [3.63, 3.8) is 0 Å². The van der Waals surface area contributed by atoms with Crippen molar-refractivity contribution in [1.82, 2.24) is 15.1 Å². The molecule has 3 rings (SSSR count). The topological polar surface area (TPSA) is 35.6 Å². The van der Waals surface area contributed by atoms with Gasteiger partial charge < -0.3 is 10.2 Å². The molecule has 1 heterocycles. The highest BCUT2D eigenvalue weighted by molar-refractivity contribution is 5.78. The monoisotopic (exact) mass is 347 g/mol. The Labute approximate surface area is 150 Å². The van der Waals surface area contributed by atoms with Crippen molar-refractivity contribution in [1.29, 1.82) is 0 Å². The Morgan fingerprint density at radius 1 is 1.08 bits per heavy atom. The summed E-state index contributed by atoms with van der Waals surface area (Å²) >= 11 is 0. The standard InChI is InChI=1S/C20H30FN3O/c1-2-23-11-13-24(14-12-23)15-19(25)22-16-20(9-3-4-10-20)17-5-7-18(21)8-6-17/h5-8H,2-4,9-16H2,1H3,(H,22,25). The van der Waals surface area contributed by atoms with Gasteiger partial charge in [-0.3, -0.25) is 9.69 Å². The molecule has 1 N–H and O–H groups in total. The van der Waals surface area contributed by atoms with Crippen molar-refractivity contribution in [2.24, 2.45) is 0 Å². The number of likely N-dealkylation sites (N-methyl/N-ethyl adjacent to an activating group) is 1. The van der Waals surface area contributed by atoms with E-state index in [1.54, 1.807) is 0 Å². The van der Waals surface area contributed by atoms with Gasteiger partial charge in [0.25, 0.3) is 0 Å². The summed E-state index contributed by atoms with van der Waals surface area (Å²) in [6.45, 7) is 8.42. The number of hydrogen-bond acceptors (Lipinski definition) is 3. The zero-order valence-corrected chi connectivity index (χ0v) is 15.3.